The van der Waals surface area contributed by atoms with Gasteiger partial charge in [0.05, 0.1) is 0 Å². The van der Waals surface area contributed by atoms with Crippen LogP contribution >= 0.6 is 0 Å². The smallest absolute Gasteiger partial charge is 0.281 e. The van der Waals surface area contributed by atoms with Crippen LogP contribution in [0.15, 0.2) is 30.5 Å². The molecule has 1 saturated carbocycles. The Morgan fingerprint density at radius 2 is 2.03 bits per heavy atom. The summed E-state index contributed by atoms with van der Waals surface area (Å²) < 4.78 is 31.5. The lowest BCUT2D eigenvalue weighted by molar-refractivity contribution is -0.116. The van der Waals surface area contributed by atoms with Crippen LogP contribution < -0.4 is 15.4 Å². The number of aryl methyl sites for hydroxylation is 1. The van der Waals surface area contributed by atoms with Gasteiger partial charge in [-0.1, -0.05) is 13.0 Å². The number of carbonyl (C=O) groups excluding carboxylic acids is 2. The van der Waals surface area contributed by atoms with Crippen molar-refractivity contribution < 1.29 is 23.1 Å². The molecule has 2 amide bonds. The summed E-state index contributed by atoms with van der Waals surface area (Å²) in [6.45, 7) is 2.60. The highest BCUT2D eigenvalue weighted by atomic mass is 19.3. The maximum absolute atomic E-state index is 13.2. The fourth-order valence-corrected chi connectivity index (χ4v) is 2.81. The second-order valence-corrected chi connectivity index (χ2v) is 7.76. The summed E-state index contributed by atoms with van der Waals surface area (Å²) in [5, 5.41) is 5.52. The lowest BCUT2D eigenvalue weighted by Gasteiger charge is -2.14. The Hall–Kier alpha value is -3.10. The van der Waals surface area contributed by atoms with Crippen LogP contribution in [0.4, 0.5) is 14.6 Å². The van der Waals surface area contributed by atoms with Crippen LogP contribution in [0.3, 0.4) is 0 Å². The molecule has 0 saturated heterocycles. The number of alkyl halides is 2. The lowest BCUT2D eigenvalue weighted by atomic mass is 10.2. The van der Waals surface area contributed by atoms with Gasteiger partial charge in [0.25, 0.3) is 11.8 Å². The zero-order valence-electron chi connectivity index (χ0n) is 17.6. The number of ether oxygens (including phenoxy) is 1. The summed E-state index contributed by atoms with van der Waals surface area (Å²) in [4.78, 5) is 32.8. The summed E-state index contributed by atoms with van der Waals surface area (Å²) in [5.74, 6) is -2.42. The van der Waals surface area contributed by atoms with Gasteiger partial charge in [-0.05, 0) is 43.4 Å². The van der Waals surface area contributed by atoms with Gasteiger partial charge in [-0.3, -0.25) is 9.59 Å². The van der Waals surface area contributed by atoms with Crippen molar-refractivity contribution in [2.45, 2.75) is 52.0 Å². The molecule has 1 aliphatic rings. The van der Waals surface area contributed by atoms with E-state index in [-0.39, 0.29) is 30.7 Å². The van der Waals surface area contributed by atoms with E-state index in [0.717, 1.165) is 12.8 Å². The highest BCUT2D eigenvalue weighted by Crippen LogP contribution is 2.32. The summed E-state index contributed by atoms with van der Waals surface area (Å²) in [6, 6.07) is 6.30. The maximum Gasteiger partial charge on any atom is 0.281 e. The lowest BCUT2D eigenvalue weighted by Crippen LogP contribution is -2.25. The van der Waals surface area contributed by atoms with Crippen LogP contribution in [-0.4, -0.2) is 34.3 Å². The van der Waals surface area contributed by atoms with Crippen molar-refractivity contribution in [1.82, 2.24) is 15.3 Å². The van der Waals surface area contributed by atoms with E-state index < -0.39 is 12.5 Å². The number of amides is 2. The molecule has 0 aromatic carbocycles. The third-order valence-electron chi connectivity index (χ3n) is 4.85. The molecular formula is C22H26F2N4O3. The monoisotopic (exact) mass is 432 g/mol. The Balaban J connectivity index is 1.53. The Bertz CT molecular complexity index is 931. The number of hydrogen-bond donors (Lipinski definition) is 2. The number of carbonyl (C=O) groups is 2. The first-order valence-electron chi connectivity index (χ1n) is 10.3. The van der Waals surface area contributed by atoms with E-state index in [1.54, 1.807) is 19.1 Å². The number of hydrogen-bond acceptors (Lipinski definition) is 5. The summed E-state index contributed by atoms with van der Waals surface area (Å²) in [6.07, 6.45) is 3.78. The molecule has 0 spiro atoms. The highest BCUT2D eigenvalue weighted by molar-refractivity contribution is 5.96. The highest BCUT2D eigenvalue weighted by Gasteiger charge is 2.27. The van der Waals surface area contributed by atoms with Crippen molar-refractivity contribution >= 4 is 17.6 Å². The van der Waals surface area contributed by atoms with Gasteiger partial charge in [-0.15, -0.1) is 0 Å². The number of rotatable bonds is 10. The van der Waals surface area contributed by atoms with Crippen molar-refractivity contribution in [1.29, 1.82) is 0 Å². The second kappa shape index (κ2) is 9.80. The molecule has 2 N–H and O–H groups in total. The molecule has 0 atom stereocenters. The van der Waals surface area contributed by atoms with Gasteiger partial charge in [-0.2, -0.15) is 0 Å². The zero-order chi connectivity index (χ0) is 22.4. The second-order valence-electron chi connectivity index (χ2n) is 7.76. The summed E-state index contributed by atoms with van der Waals surface area (Å²) in [7, 11) is 0. The largest absolute Gasteiger partial charge is 0.471 e. The predicted octanol–water partition coefficient (Wildman–Crippen LogP) is 3.88. The minimum atomic E-state index is -2.90. The number of pyridine rings is 2. The van der Waals surface area contributed by atoms with Gasteiger partial charge in [-0.25, -0.2) is 18.7 Å². The van der Waals surface area contributed by atoms with Crippen molar-refractivity contribution in [2.24, 2.45) is 5.92 Å². The molecule has 0 radical (unpaired) electrons. The Labute approximate surface area is 179 Å². The van der Waals surface area contributed by atoms with Gasteiger partial charge in [0, 0.05) is 42.9 Å². The summed E-state index contributed by atoms with van der Waals surface area (Å²) >= 11 is 0. The topological polar surface area (TPSA) is 93.2 Å². The summed E-state index contributed by atoms with van der Waals surface area (Å²) in [5.41, 5.74) is 1.68. The van der Waals surface area contributed by atoms with E-state index in [2.05, 4.69) is 20.6 Å². The van der Waals surface area contributed by atoms with E-state index in [4.69, 9.17) is 4.74 Å². The Morgan fingerprint density at radius 3 is 2.68 bits per heavy atom. The van der Waals surface area contributed by atoms with Crippen LogP contribution in [0.5, 0.6) is 5.88 Å². The van der Waals surface area contributed by atoms with E-state index in [1.807, 2.05) is 0 Å². The molecule has 0 unspecified atom stereocenters. The molecule has 9 heteroatoms. The third-order valence-corrected chi connectivity index (χ3v) is 4.85. The Kier molecular flexibility index (Phi) is 7.14. The van der Waals surface area contributed by atoms with E-state index >= 15 is 0 Å². The van der Waals surface area contributed by atoms with Crippen LogP contribution in [0.25, 0.3) is 0 Å². The molecular weight excluding hydrogens is 406 g/mol. The molecule has 2 aromatic heterocycles. The molecule has 0 bridgehead atoms. The molecule has 2 heterocycles. The van der Waals surface area contributed by atoms with Crippen LogP contribution in [0, 0.1) is 12.8 Å². The zero-order valence-corrected chi connectivity index (χ0v) is 17.6. The fraction of sp³-hybridized carbons (Fsp3) is 0.455. The van der Waals surface area contributed by atoms with Crippen molar-refractivity contribution in [3.8, 4) is 5.88 Å². The van der Waals surface area contributed by atoms with E-state index in [0.29, 0.717) is 35.0 Å². The first-order valence-corrected chi connectivity index (χ1v) is 10.3. The van der Waals surface area contributed by atoms with Crippen LogP contribution in [0.1, 0.15) is 54.2 Å². The number of nitrogens with zero attached hydrogens (tertiary/aromatic N) is 2. The third kappa shape index (κ3) is 7.27. The number of nitrogens with one attached hydrogen (secondary N) is 2. The van der Waals surface area contributed by atoms with Gasteiger partial charge in [0.15, 0.2) is 6.61 Å². The van der Waals surface area contributed by atoms with Crippen molar-refractivity contribution in [3.63, 3.8) is 0 Å². The minimum Gasteiger partial charge on any atom is -0.471 e. The SMILES string of the molecule is CCC(F)(F)COc1ccc(CNC(=O)c2cc(C)nc(NC(=O)CC3CC3)c2)cn1. The average molecular weight is 432 g/mol. The molecule has 166 valence electrons. The first kappa shape index (κ1) is 22.6. The quantitative estimate of drug-likeness (QED) is 0.594. The van der Waals surface area contributed by atoms with Gasteiger partial charge in [0.2, 0.25) is 11.8 Å². The molecule has 1 fully saturated rings. The van der Waals surface area contributed by atoms with Crippen LogP contribution in [0.2, 0.25) is 0 Å². The van der Waals surface area contributed by atoms with Gasteiger partial charge < -0.3 is 15.4 Å². The van der Waals surface area contributed by atoms with E-state index in [9.17, 15) is 18.4 Å². The molecule has 31 heavy (non-hydrogen) atoms. The standard InChI is InChI=1S/C22H26F2N4O3/c1-3-22(23,24)13-31-20-7-6-16(11-25-20)12-26-21(30)17-8-14(2)27-18(10-17)28-19(29)9-15-4-5-15/h6-8,10-11,15H,3-5,9,12-13H2,1-2H3,(H,26,30)(H,27,28,29). The molecule has 3 rings (SSSR count). The van der Waals surface area contributed by atoms with Gasteiger partial charge >= 0.3 is 0 Å². The fourth-order valence-electron chi connectivity index (χ4n) is 2.81. The molecule has 1 aliphatic carbocycles. The molecule has 0 aliphatic heterocycles. The molecule has 7 nitrogen and oxygen atoms in total. The van der Waals surface area contributed by atoms with E-state index in [1.165, 1.54) is 25.3 Å². The number of aromatic nitrogens is 2. The van der Waals surface area contributed by atoms with Crippen molar-refractivity contribution in [2.75, 3.05) is 11.9 Å². The number of anilines is 1. The number of halogens is 2. The van der Waals surface area contributed by atoms with Crippen molar-refractivity contribution in [3.05, 3.63) is 47.3 Å². The normalized spacial score (nSPS) is 13.5. The first-order chi connectivity index (χ1) is 14.7. The minimum absolute atomic E-state index is 0.0968. The average Bonchev–Trinajstić information content (AvgIpc) is 3.54. The van der Waals surface area contributed by atoms with Gasteiger partial charge in [0.1, 0.15) is 5.82 Å². The predicted molar refractivity (Wildman–Crippen MR) is 111 cm³/mol. The maximum atomic E-state index is 13.2. The van der Waals surface area contributed by atoms with Crippen LogP contribution in [-0.2, 0) is 11.3 Å². The molecule has 2 aromatic rings. The Morgan fingerprint density at radius 1 is 1.26 bits per heavy atom.